The summed E-state index contributed by atoms with van der Waals surface area (Å²) in [7, 11) is 0. The molecule has 0 radical (unpaired) electrons. The number of aromatic nitrogens is 1. The number of carbonyl (C=O) groups is 1. The van der Waals surface area contributed by atoms with E-state index in [9.17, 15) is 4.79 Å². The number of carbonyl (C=O) groups excluding carboxylic acids is 1. The number of amides is 1. The van der Waals surface area contributed by atoms with Crippen molar-refractivity contribution in [3.8, 4) is 0 Å². The fourth-order valence-electron chi connectivity index (χ4n) is 3.70. The van der Waals surface area contributed by atoms with Crippen LogP contribution < -0.4 is 0 Å². The Labute approximate surface area is 137 Å². The van der Waals surface area contributed by atoms with Gasteiger partial charge in [-0.05, 0) is 31.4 Å². The maximum absolute atomic E-state index is 12.7. The summed E-state index contributed by atoms with van der Waals surface area (Å²) in [4.78, 5) is 18.7. The van der Waals surface area contributed by atoms with Crippen molar-refractivity contribution in [2.45, 2.75) is 25.4 Å². The molecule has 3 heterocycles. The number of hydrogen-bond donors (Lipinski definition) is 0. The second kappa shape index (κ2) is 7.23. The zero-order chi connectivity index (χ0) is 16.1. The quantitative estimate of drug-likeness (QED) is 0.618. The van der Waals surface area contributed by atoms with E-state index in [1.54, 1.807) is 30.6 Å². The van der Waals surface area contributed by atoms with Gasteiger partial charge in [0.05, 0.1) is 19.3 Å². The monoisotopic (exact) mass is 316 g/mol. The largest absolute Gasteiger partial charge is 0.377 e. The second-order valence-corrected chi connectivity index (χ2v) is 6.38. The molecule has 1 aromatic heterocycles. The van der Waals surface area contributed by atoms with Crippen molar-refractivity contribution in [3.05, 3.63) is 42.7 Å². The third-order valence-corrected chi connectivity index (χ3v) is 4.83. The van der Waals surface area contributed by atoms with E-state index in [0.29, 0.717) is 25.3 Å². The summed E-state index contributed by atoms with van der Waals surface area (Å²) in [5.74, 6) is 0.0690. The van der Waals surface area contributed by atoms with E-state index in [2.05, 4.69) is 11.6 Å². The van der Waals surface area contributed by atoms with E-state index >= 15 is 0 Å². The van der Waals surface area contributed by atoms with Gasteiger partial charge in [-0.15, -0.1) is 6.58 Å². The number of likely N-dealkylation sites (tertiary alicyclic amines) is 1. The zero-order valence-electron chi connectivity index (χ0n) is 13.4. The van der Waals surface area contributed by atoms with E-state index in [1.165, 1.54) is 0 Å². The van der Waals surface area contributed by atoms with E-state index in [1.807, 2.05) is 4.90 Å². The molecule has 0 unspecified atom stereocenters. The summed E-state index contributed by atoms with van der Waals surface area (Å²) in [5, 5.41) is 0. The molecule has 0 N–H and O–H groups in total. The number of pyridine rings is 1. The average Bonchev–Trinajstić information content (AvgIpc) is 2.61. The van der Waals surface area contributed by atoms with E-state index < -0.39 is 0 Å². The van der Waals surface area contributed by atoms with Gasteiger partial charge in [-0.25, -0.2) is 0 Å². The van der Waals surface area contributed by atoms with Crippen LogP contribution in [0.5, 0.6) is 0 Å². The van der Waals surface area contributed by atoms with E-state index in [-0.39, 0.29) is 17.4 Å². The Bertz CT molecular complexity index is 548. The van der Waals surface area contributed by atoms with Crippen LogP contribution in [-0.4, -0.2) is 54.8 Å². The number of hydrogen-bond acceptors (Lipinski definition) is 4. The lowest BCUT2D eigenvalue weighted by molar-refractivity contribution is -0.144. The smallest absolute Gasteiger partial charge is 0.253 e. The van der Waals surface area contributed by atoms with Crippen molar-refractivity contribution in [2.75, 3.05) is 32.9 Å². The molecule has 5 nitrogen and oxygen atoms in total. The van der Waals surface area contributed by atoms with Gasteiger partial charge in [0.15, 0.2) is 0 Å². The summed E-state index contributed by atoms with van der Waals surface area (Å²) in [6.07, 6.45) is 8.19. The minimum Gasteiger partial charge on any atom is -0.377 e. The minimum atomic E-state index is -0.0950. The van der Waals surface area contributed by atoms with Gasteiger partial charge in [-0.1, -0.05) is 6.08 Å². The van der Waals surface area contributed by atoms with Crippen molar-refractivity contribution in [2.24, 2.45) is 5.41 Å². The van der Waals surface area contributed by atoms with Crippen LogP contribution in [0.15, 0.2) is 37.2 Å². The maximum Gasteiger partial charge on any atom is 0.253 e. The van der Waals surface area contributed by atoms with Crippen molar-refractivity contribution < 1.29 is 14.3 Å². The molecule has 2 atom stereocenters. The molecule has 23 heavy (non-hydrogen) atoms. The highest BCUT2D eigenvalue weighted by molar-refractivity contribution is 5.94. The minimum absolute atomic E-state index is 0.0690. The molecule has 0 aliphatic carbocycles. The van der Waals surface area contributed by atoms with Gasteiger partial charge in [-0.3, -0.25) is 9.78 Å². The SMILES string of the molecule is C=CCOC[C@]12CCCO[C@@H]1CCN(C(=O)c1ccncc1)C2. The van der Waals surface area contributed by atoms with Gasteiger partial charge < -0.3 is 14.4 Å². The highest BCUT2D eigenvalue weighted by Gasteiger charge is 2.47. The van der Waals surface area contributed by atoms with Gasteiger partial charge >= 0.3 is 0 Å². The zero-order valence-corrected chi connectivity index (χ0v) is 13.4. The van der Waals surface area contributed by atoms with Crippen LogP contribution in [0.3, 0.4) is 0 Å². The van der Waals surface area contributed by atoms with Crippen molar-refractivity contribution in [1.29, 1.82) is 0 Å². The molecule has 2 fully saturated rings. The van der Waals surface area contributed by atoms with Gasteiger partial charge in [0.2, 0.25) is 0 Å². The van der Waals surface area contributed by atoms with Crippen molar-refractivity contribution in [1.82, 2.24) is 9.88 Å². The molecule has 1 amide bonds. The maximum atomic E-state index is 12.7. The highest BCUT2D eigenvalue weighted by atomic mass is 16.5. The highest BCUT2D eigenvalue weighted by Crippen LogP contribution is 2.40. The Morgan fingerprint density at radius 2 is 2.35 bits per heavy atom. The lowest BCUT2D eigenvalue weighted by Gasteiger charge is -2.50. The van der Waals surface area contributed by atoms with Crippen molar-refractivity contribution in [3.63, 3.8) is 0 Å². The Morgan fingerprint density at radius 3 is 3.13 bits per heavy atom. The molecule has 0 saturated carbocycles. The van der Waals surface area contributed by atoms with E-state index in [4.69, 9.17) is 9.47 Å². The Hall–Kier alpha value is -1.72. The predicted molar refractivity (Wildman–Crippen MR) is 87.2 cm³/mol. The Balaban J connectivity index is 1.75. The normalized spacial score (nSPS) is 27.3. The lowest BCUT2D eigenvalue weighted by atomic mass is 9.73. The van der Waals surface area contributed by atoms with E-state index in [0.717, 1.165) is 32.4 Å². The summed E-state index contributed by atoms with van der Waals surface area (Å²) < 4.78 is 11.8. The molecule has 0 aromatic carbocycles. The topological polar surface area (TPSA) is 51.7 Å². The predicted octanol–water partition coefficient (Wildman–Crippen LogP) is 2.30. The lowest BCUT2D eigenvalue weighted by Crippen LogP contribution is -2.58. The molecule has 2 aliphatic rings. The second-order valence-electron chi connectivity index (χ2n) is 6.38. The fourth-order valence-corrected chi connectivity index (χ4v) is 3.70. The first kappa shape index (κ1) is 16.1. The fraction of sp³-hybridized carbons (Fsp3) is 0.556. The molecule has 5 heteroatoms. The van der Waals surface area contributed by atoms with Crippen LogP contribution in [0, 0.1) is 5.41 Å². The van der Waals surface area contributed by atoms with Crippen LogP contribution in [0.4, 0.5) is 0 Å². The Kier molecular flexibility index (Phi) is 5.08. The summed E-state index contributed by atoms with van der Waals surface area (Å²) in [6, 6.07) is 3.54. The number of ether oxygens (including phenoxy) is 2. The van der Waals surface area contributed by atoms with Gasteiger partial charge in [0.25, 0.3) is 5.91 Å². The van der Waals surface area contributed by atoms with Gasteiger partial charge in [0.1, 0.15) is 0 Å². The van der Waals surface area contributed by atoms with Crippen LogP contribution in [0.2, 0.25) is 0 Å². The van der Waals surface area contributed by atoms with Gasteiger partial charge in [0, 0.05) is 43.1 Å². The first-order valence-corrected chi connectivity index (χ1v) is 8.25. The molecule has 2 saturated heterocycles. The summed E-state index contributed by atoms with van der Waals surface area (Å²) in [5.41, 5.74) is 0.597. The van der Waals surface area contributed by atoms with Crippen LogP contribution in [-0.2, 0) is 9.47 Å². The Morgan fingerprint density at radius 1 is 1.52 bits per heavy atom. The third kappa shape index (κ3) is 3.46. The molecule has 0 bridgehead atoms. The average molecular weight is 316 g/mol. The first-order valence-electron chi connectivity index (χ1n) is 8.25. The molecule has 1 aromatic rings. The van der Waals surface area contributed by atoms with Crippen LogP contribution in [0.25, 0.3) is 0 Å². The first-order chi connectivity index (χ1) is 11.2. The standard InChI is InChI=1S/C18H24N2O3/c1-2-11-22-14-18-7-3-12-23-16(18)6-10-20(13-18)17(21)15-4-8-19-9-5-15/h2,4-5,8-9,16H,1,3,6-7,10-14H2/t16-,18-/m1/s1. The molecule has 3 rings (SSSR count). The molecular formula is C18H24N2O3. The number of nitrogens with zero attached hydrogens (tertiary/aromatic N) is 2. The number of piperidine rings is 1. The number of fused-ring (bicyclic) bond motifs is 1. The molecule has 2 aliphatic heterocycles. The van der Waals surface area contributed by atoms with Crippen LogP contribution in [0.1, 0.15) is 29.6 Å². The summed E-state index contributed by atoms with van der Waals surface area (Å²) in [6.45, 7) is 7.08. The van der Waals surface area contributed by atoms with Crippen molar-refractivity contribution >= 4 is 5.91 Å². The summed E-state index contributed by atoms with van der Waals surface area (Å²) >= 11 is 0. The number of rotatable bonds is 5. The van der Waals surface area contributed by atoms with Crippen LogP contribution >= 0.6 is 0 Å². The third-order valence-electron chi connectivity index (χ3n) is 4.83. The molecular weight excluding hydrogens is 292 g/mol. The van der Waals surface area contributed by atoms with Gasteiger partial charge in [-0.2, -0.15) is 0 Å². The molecule has 0 spiro atoms. The molecule has 124 valence electrons.